The van der Waals surface area contributed by atoms with Crippen molar-refractivity contribution in [2.45, 2.75) is 13.8 Å². The molecule has 5 heteroatoms. The molecule has 1 aromatic heterocycles. The monoisotopic (exact) mass is 246 g/mol. The third kappa shape index (κ3) is 2.18. The quantitative estimate of drug-likeness (QED) is 0.755. The number of morpholine rings is 1. The summed E-state index contributed by atoms with van der Waals surface area (Å²) in [6.45, 7) is 7.56. The van der Waals surface area contributed by atoms with E-state index >= 15 is 0 Å². The van der Waals surface area contributed by atoms with Crippen molar-refractivity contribution in [3.8, 4) is 0 Å². The van der Waals surface area contributed by atoms with E-state index in [1.165, 1.54) is 0 Å². The first kappa shape index (κ1) is 11.5. The highest BCUT2D eigenvalue weighted by molar-refractivity contribution is 5.52. The molecule has 2 aliphatic rings. The van der Waals surface area contributed by atoms with Crippen molar-refractivity contribution in [1.29, 1.82) is 0 Å². The lowest BCUT2D eigenvalue weighted by Gasteiger charge is -2.25. The van der Waals surface area contributed by atoms with Gasteiger partial charge in [0.25, 0.3) is 0 Å². The van der Waals surface area contributed by atoms with Gasteiger partial charge in [-0.1, -0.05) is 26.0 Å². The summed E-state index contributed by atoms with van der Waals surface area (Å²) in [5.74, 6) is 1.68. The standard InChI is InChI=1S/C13H18N4O/c1-13(2)4-3-11-14-12(15-17(11)6-5-13)16-7-9-18-10-8-16/h3-6H,7-10H2,1-2H3. The van der Waals surface area contributed by atoms with Crippen LogP contribution >= 0.6 is 0 Å². The van der Waals surface area contributed by atoms with Crippen LogP contribution in [0.25, 0.3) is 12.3 Å². The van der Waals surface area contributed by atoms with E-state index in [2.05, 4.69) is 41.0 Å². The highest BCUT2D eigenvalue weighted by atomic mass is 16.5. The molecule has 0 aromatic carbocycles. The second kappa shape index (κ2) is 4.24. The highest BCUT2D eigenvalue weighted by Crippen LogP contribution is 2.24. The molecular weight excluding hydrogens is 228 g/mol. The van der Waals surface area contributed by atoms with Crippen molar-refractivity contribution in [1.82, 2.24) is 14.8 Å². The van der Waals surface area contributed by atoms with Crippen LogP contribution in [0.15, 0.2) is 12.2 Å². The van der Waals surface area contributed by atoms with E-state index in [4.69, 9.17) is 4.74 Å². The number of aromatic nitrogens is 3. The van der Waals surface area contributed by atoms with Crippen molar-refractivity contribution >= 4 is 18.2 Å². The molecule has 1 saturated heterocycles. The van der Waals surface area contributed by atoms with Crippen molar-refractivity contribution < 1.29 is 4.74 Å². The Morgan fingerprint density at radius 2 is 2.00 bits per heavy atom. The molecule has 0 bridgehead atoms. The highest BCUT2D eigenvalue weighted by Gasteiger charge is 2.19. The Morgan fingerprint density at radius 1 is 1.22 bits per heavy atom. The van der Waals surface area contributed by atoms with Gasteiger partial charge in [0.1, 0.15) is 0 Å². The number of rotatable bonds is 1. The maximum Gasteiger partial charge on any atom is 0.245 e. The number of anilines is 1. The zero-order chi connectivity index (χ0) is 12.6. The summed E-state index contributed by atoms with van der Waals surface area (Å²) in [5.41, 5.74) is 0.0571. The third-order valence-electron chi connectivity index (χ3n) is 3.25. The Hall–Kier alpha value is -1.62. The number of allylic oxidation sites excluding steroid dienone is 2. The van der Waals surface area contributed by atoms with Gasteiger partial charge in [-0.15, -0.1) is 5.10 Å². The number of nitrogens with zero attached hydrogens (tertiary/aromatic N) is 4. The minimum atomic E-state index is 0.0571. The molecule has 2 aliphatic heterocycles. The van der Waals surface area contributed by atoms with Crippen LogP contribution in [0, 0.1) is 5.41 Å². The number of ether oxygens (including phenoxy) is 1. The summed E-state index contributed by atoms with van der Waals surface area (Å²) in [6.07, 6.45) is 8.32. The van der Waals surface area contributed by atoms with E-state index in [9.17, 15) is 0 Å². The van der Waals surface area contributed by atoms with E-state index in [1.807, 2.05) is 17.0 Å². The fourth-order valence-corrected chi connectivity index (χ4v) is 2.05. The topological polar surface area (TPSA) is 43.2 Å². The molecule has 0 aliphatic carbocycles. The second-order valence-electron chi connectivity index (χ2n) is 5.28. The van der Waals surface area contributed by atoms with Gasteiger partial charge in [0.05, 0.1) is 13.2 Å². The summed E-state index contributed by atoms with van der Waals surface area (Å²) in [4.78, 5) is 6.75. The first-order valence-electron chi connectivity index (χ1n) is 6.32. The summed E-state index contributed by atoms with van der Waals surface area (Å²) in [6, 6.07) is 0. The minimum absolute atomic E-state index is 0.0571. The van der Waals surface area contributed by atoms with E-state index < -0.39 is 0 Å². The van der Waals surface area contributed by atoms with Crippen LogP contribution in [0.2, 0.25) is 0 Å². The van der Waals surface area contributed by atoms with Crippen molar-refractivity contribution in [2.24, 2.45) is 5.41 Å². The fourth-order valence-electron chi connectivity index (χ4n) is 2.05. The summed E-state index contributed by atoms with van der Waals surface area (Å²) in [7, 11) is 0. The Kier molecular flexibility index (Phi) is 2.70. The van der Waals surface area contributed by atoms with Crippen LogP contribution in [-0.2, 0) is 4.74 Å². The SMILES string of the molecule is CC1(C)C=Cc2nc(N3CCOCC3)nn2C=C1. The largest absolute Gasteiger partial charge is 0.378 e. The molecule has 0 N–H and O–H groups in total. The molecule has 96 valence electrons. The lowest BCUT2D eigenvalue weighted by molar-refractivity contribution is 0.122. The van der Waals surface area contributed by atoms with E-state index in [0.717, 1.165) is 38.1 Å². The maximum atomic E-state index is 5.34. The number of hydrogen-bond acceptors (Lipinski definition) is 4. The third-order valence-corrected chi connectivity index (χ3v) is 3.25. The first-order valence-corrected chi connectivity index (χ1v) is 6.32. The molecule has 3 heterocycles. The second-order valence-corrected chi connectivity index (χ2v) is 5.28. The van der Waals surface area contributed by atoms with Gasteiger partial charge < -0.3 is 9.64 Å². The predicted octanol–water partition coefficient (Wildman–Crippen LogP) is 1.64. The molecule has 5 nitrogen and oxygen atoms in total. The average molecular weight is 246 g/mol. The molecule has 0 unspecified atom stereocenters. The first-order chi connectivity index (χ1) is 8.64. The molecule has 1 fully saturated rings. The molecule has 0 amide bonds. The molecule has 3 rings (SSSR count). The van der Waals surface area contributed by atoms with E-state index in [-0.39, 0.29) is 5.41 Å². The van der Waals surface area contributed by atoms with E-state index in [1.54, 1.807) is 0 Å². The summed E-state index contributed by atoms with van der Waals surface area (Å²) >= 11 is 0. The zero-order valence-electron chi connectivity index (χ0n) is 10.8. The zero-order valence-corrected chi connectivity index (χ0v) is 10.8. The summed E-state index contributed by atoms with van der Waals surface area (Å²) < 4.78 is 7.18. The van der Waals surface area contributed by atoms with Crippen molar-refractivity contribution in [3.63, 3.8) is 0 Å². The Balaban J connectivity index is 1.88. The lowest BCUT2D eigenvalue weighted by atomic mass is 9.93. The van der Waals surface area contributed by atoms with Gasteiger partial charge in [-0.2, -0.15) is 4.98 Å². The van der Waals surface area contributed by atoms with Crippen LogP contribution in [-0.4, -0.2) is 41.1 Å². The Bertz CT molecular complexity index is 462. The Labute approximate surface area is 107 Å². The molecule has 0 atom stereocenters. The predicted molar refractivity (Wildman–Crippen MR) is 71.2 cm³/mol. The van der Waals surface area contributed by atoms with E-state index in [0.29, 0.717) is 0 Å². The van der Waals surface area contributed by atoms with Gasteiger partial charge in [0.15, 0.2) is 5.82 Å². The smallest absolute Gasteiger partial charge is 0.245 e. The minimum Gasteiger partial charge on any atom is -0.378 e. The van der Waals surface area contributed by atoms with Gasteiger partial charge in [0.2, 0.25) is 5.95 Å². The van der Waals surface area contributed by atoms with Crippen LogP contribution in [0.4, 0.5) is 5.95 Å². The van der Waals surface area contributed by atoms with Gasteiger partial charge >= 0.3 is 0 Å². The molecule has 0 radical (unpaired) electrons. The number of hydrogen-bond donors (Lipinski definition) is 0. The Morgan fingerprint density at radius 3 is 2.78 bits per heavy atom. The van der Waals surface area contributed by atoms with Crippen LogP contribution in [0.3, 0.4) is 0 Å². The fraction of sp³-hybridized carbons (Fsp3) is 0.538. The van der Waals surface area contributed by atoms with Gasteiger partial charge in [0, 0.05) is 24.7 Å². The van der Waals surface area contributed by atoms with Crippen LogP contribution in [0.5, 0.6) is 0 Å². The number of fused-ring (bicyclic) bond motifs is 1. The van der Waals surface area contributed by atoms with Crippen LogP contribution < -0.4 is 4.90 Å². The average Bonchev–Trinajstić information content (AvgIpc) is 2.73. The van der Waals surface area contributed by atoms with Gasteiger partial charge in [-0.05, 0) is 6.08 Å². The molecule has 0 spiro atoms. The maximum absolute atomic E-state index is 5.34. The van der Waals surface area contributed by atoms with Crippen molar-refractivity contribution in [2.75, 3.05) is 31.2 Å². The lowest BCUT2D eigenvalue weighted by Crippen LogP contribution is -2.37. The molecule has 18 heavy (non-hydrogen) atoms. The molecule has 0 saturated carbocycles. The molecular formula is C13H18N4O. The molecule has 1 aromatic rings. The van der Waals surface area contributed by atoms with Crippen molar-refractivity contribution in [3.05, 3.63) is 18.0 Å². The van der Waals surface area contributed by atoms with Crippen LogP contribution in [0.1, 0.15) is 19.7 Å². The summed E-state index contributed by atoms with van der Waals surface area (Å²) in [5, 5.41) is 4.54. The van der Waals surface area contributed by atoms with Gasteiger partial charge in [-0.25, -0.2) is 4.68 Å². The normalized spacial score (nSPS) is 21.8. The van der Waals surface area contributed by atoms with Gasteiger partial charge in [-0.3, -0.25) is 0 Å².